The summed E-state index contributed by atoms with van der Waals surface area (Å²) in [6, 6.07) is 26.4. The van der Waals surface area contributed by atoms with Crippen LogP contribution in [-0.4, -0.2) is 79.8 Å². The highest BCUT2D eigenvalue weighted by Crippen LogP contribution is 2.42. The molecule has 2 aliphatic heterocycles. The van der Waals surface area contributed by atoms with E-state index in [0.29, 0.717) is 35.5 Å². The summed E-state index contributed by atoms with van der Waals surface area (Å²) in [6.07, 6.45) is 4.93. The largest absolute Gasteiger partial charge is 0.497 e. The van der Waals surface area contributed by atoms with E-state index in [0.717, 1.165) is 53.4 Å². The van der Waals surface area contributed by atoms with Gasteiger partial charge in [-0.15, -0.1) is 23.5 Å². The first kappa shape index (κ1) is 47.6. The molecule has 330 valence electrons. The summed E-state index contributed by atoms with van der Waals surface area (Å²) in [5, 5.41) is 2.47. The average Bonchev–Trinajstić information content (AvgIpc) is 3.25. The number of carbonyl (C=O) groups is 5. The Morgan fingerprint density at radius 2 is 1.18 bits per heavy atom. The standard InChI is InChI=1S/C27H33NO6S.C21H23NO4S/c1-6-33-26(31)19-12-15-22-21(16-19)28(17-24(29)34-27(2,3)4)25(30)23(35-22)9-7-8-18-10-13-20(32-5)14-11-18;1-3-26-21(24)15-9-12-18-17(13-15)22-20(23)19(27-18)6-4-5-14-7-10-16(25-2)11-8-14/h10-16,23H,6-9,17H2,1-5H3;7-13,19H,3-6H2,1-2H3,(H,22,23)/t23-;19-/m00/s1. The molecule has 0 aromatic heterocycles. The van der Waals surface area contributed by atoms with Gasteiger partial charge in [0, 0.05) is 9.79 Å². The molecule has 2 heterocycles. The normalized spacial score (nSPS) is 15.5. The lowest BCUT2D eigenvalue weighted by Crippen LogP contribution is -2.45. The molecule has 0 saturated heterocycles. The summed E-state index contributed by atoms with van der Waals surface area (Å²) in [5.74, 6) is 0.144. The number of nitrogens with zero attached hydrogens (tertiary/aromatic N) is 1. The van der Waals surface area contributed by atoms with Crippen molar-refractivity contribution in [3.63, 3.8) is 0 Å². The summed E-state index contributed by atoms with van der Waals surface area (Å²) >= 11 is 3.02. The molecule has 0 aliphatic carbocycles. The summed E-state index contributed by atoms with van der Waals surface area (Å²) in [6.45, 7) is 9.22. The number of nitrogens with one attached hydrogen (secondary N) is 1. The Balaban J connectivity index is 0.000000242. The second-order valence-electron chi connectivity index (χ2n) is 15.5. The minimum atomic E-state index is -0.669. The van der Waals surface area contributed by atoms with Crippen LogP contribution in [0.25, 0.3) is 0 Å². The van der Waals surface area contributed by atoms with Gasteiger partial charge in [-0.05, 0) is 145 Å². The molecule has 14 heteroatoms. The first-order valence-electron chi connectivity index (χ1n) is 20.8. The van der Waals surface area contributed by atoms with Gasteiger partial charge < -0.3 is 29.0 Å². The van der Waals surface area contributed by atoms with E-state index in [2.05, 4.69) is 17.4 Å². The first-order valence-corrected chi connectivity index (χ1v) is 22.5. The summed E-state index contributed by atoms with van der Waals surface area (Å²) in [7, 11) is 3.29. The third-order valence-corrected chi connectivity index (χ3v) is 12.4. The molecule has 1 N–H and O–H groups in total. The Labute approximate surface area is 372 Å². The molecule has 0 saturated carbocycles. The Kier molecular flexibility index (Phi) is 17.3. The van der Waals surface area contributed by atoms with Crippen molar-refractivity contribution < 1.29 is 47.7 Å². The van der Waals surface area contributed by atoms with Crippen molar-refractivity contribution in [1.82, 2.24) is 0 Å². The van der Waals surface area contributed by atoms with Crippen LogP contribution in [0, 0.1) is 0 Å². The number of amides is 2. The van der Waals surface area contributed by atoms with Gasteiger partial charge >= 0.3 is 17.9 Å². The number of hydrogen-bond donors (Lipinski definition) is 1. The number of hydrogen-bond acceptors (Lipinski definition) is 12. The van der Waals surface area contributed by atoms with E-state index >= 15 is 0 Å². The molecule has 0 radical (unpaired) electrons. The molecule has 4 aromatic carbocycles. The molecule has 2 atom stereocenters. The van der Waals surface area contributed by atoms with Crippen LogP contribution in [0.1, 0.15) is 92.1 Å². The van der Waals surface area contributed by atoms with Crippen molar-refractivity contribution in [2.75, 3.05) is 44.2 Å². The minimum Gasteiger partial charge on any atom is -0.497 e. The second-order valence-corrected chi connectivity index (χ2v) is 18.0. The number of fused-ring (bicyclic) bond motifs is 2. The molecule has 4 aromatic rings. The number of thioether (sulfide) groups is 2. The maximum Gasteiger partial charge on any atom is 0.338 e. The Bertz CT molecular complexity index is 2190. The van der Waals surface area contributed by atoms with Crippen molar-refractivity contribution in [2.45, 2.75) is 99.0 Å². The Morgan fingerprint density at radius 3 is 1.69 bits per heavy atom. The van der Waals surface area contributed by atoms with Crippen LogP contribution in [0.3, 0.4) is 0 Å². The fourth-order valence-corrected chi connectivity index (χ4v) is 9.16. The number of methoxy groups -OCH3 is 2. The fourth-order valence-electron chi connectivity index (χ4n) is 6.76. The average molecular weight is 885 g/mol. The van der Waals surface area contributed by atoms with Crippen molar-refractivity contribution in [1.29, 1.82) is 0 Å². The number of rotatable bonds is 16. The van der Waals surface area contributed by atoms with Gasteiger partial charge in [0.25, 0.3) is 0 Å². The predicted octanol–water partition coefficient (Wildman–Crippen LogP) is 9.35. The number of carbonyl (C=O) groups excluding carboxylic acids is 5. The summed E-state index contributed by atoms with van der Waals surface area (Å²) in [5.41, 5.74) is 3.74. The highest BCUT2D eigenvalue weighted by Gasteiger charge is 2.36. The maximum absolute atomic E-state index is 13.5. The molecular weight excluding hydrogens is 829 g/mol. The van der Waals surface area contributed by atoms with Crippen molar-refractivity contribution in [2.24, 2.45) is 0 Å². The van der Waals surface area contributed by atoms with E-state index in [4.69, 9.17) is 23.7 Å². The molecule has 0 unspecified atom stereocenters. The van der Waals surface area contributed by atoms with E-state index < -0.39 is 17.5 Å². The highest BCUT2D eigenvalue weighted by molar-refractivity contribution is 8.01. The molecule has 0 fully saturated rings. The van der Waals surface area contributed by atoms with Crippen LogP contribution in [0.4, 0.5) is 11.4 Å². The molecule has 2 aliphatic rings. The lowest BCUT2D eigenvalue weighted by molar-refractivity contribution is -0.153. The van der Waals surface area contributed by atoms with E-state index in [-0.39, 0.29) is 41.4 Å². The van der Waals surface area contributed by atoms with Gasteiger partial charge in [0.1, 0.15) is 23.6 Å². The first-order chi connectivity index (χ1) is 29.7. The number of ether oxygens (including phenoxy) is 5. The molecular formula is C48H56N2O10S2. The van der Waals surface area contributed by atoms with Crippen LogP contribution in [0.2, 0.25) is 0 Å². The number of anilines is 2. The van der Waals surface area contributed by atoms with Gasteiger partial charge in [-0.1, -0.05) is 24.3 Å². The van der Waals surface area contributed by atoms with Gasteiger partial charge in [-0.2, -0.15) is 0 Å². The van der Waals surface area contributed by atoms with Crippen LogP contribution in [0.5, 0.6) is 11.5 Å². The summed E-state index contributed by atoms with van der Waals surface area (Å²) in [4.78, 5) is 65.9. The van der Waals surface area contributed by atoms with Crippen LogP contribution < -0.4 is 19.7 Å². The van der Waals surface area contributed by atoms with Crippen molar-refractivity contribution in [3.8, 4) is 11.5 Å². The fraction of sp³-hybridized carbons (Fsp3) is 0.396. The Hall–Kier alpha value is -5.47. The Morgan fingerprint density at radius 1 is 0.677 bits per heavy atom. The predicted molar refractivity (Wildman–Crippen MR) is 243 cm³/mol. The zero-order valence-electron chi connectivity index (χ0n) is 36.4. The highest BCUT2D eigenvalue weighted by atomic mass is 32.2. The zero-order chi connectivity index (χ0) is 44.8. The molecule has 2 amide bonds. The van der Waals surface area contributed by atoms with Gasteiger partial charge in [-0.3, -0.25) is 19.3 Å². The van der Waals surface area contributed by atoms with Gasteiger partial charge in [0.05, 0.1) is 60.4 Å². The molecule has 6 rings (SSSR count). The second kappa shape index (κ2) is 22.6. The maximum atomic E-state index is 13.5. The van der Waals surface area contributed by atoms with E-state index in [9.17, 15) is 24.0 Å². The molecule has 0 bridgehead atoms. The van der Waals surface area contributed by atoms with Gasteiger partial charge in [0.15, 0.2) is 0 Å². The number of aryl methyl sites for hydroxylation is 2. The lowest BCUT2D eigenvalue weighted by atomic mass is 10.1. The molecule has 0 spiro atoms. The lowest BCUT2D eigenvalue weighted by Gasteiger charge is -2.34. The topological polar surface area (TPSA) is 147 Å². The quantitative estimate of drug-likeness (QED) is 0.0845. The van der Waals surface area contributed by atoms with Crippen LogP contribution >= 0.6 is 23.5 Å². The van der Waals surface area contributed by atoms with E-state index in [1.54, 1.807) is 84.9 Å². The monoisotopic (exact) mass is 884 g/mol. The SMILES string of the molecule is CCOC(=O)c1ccc2c(c1)N(CC(=O)OC(C)(C)C)C(=O)[C@H](CCCc1ccc(OC)cc1)S2.CCOC(=O)c1ccc2c(c1)NC(=O)[C@H](CCCc1ccc(OC)cc1)S2. The number of esters is 3. The molecule has 62 heavy (non-hydrogen) atoms. The minimum absolute atomic E-state index is 0.0109. The van der Waals surface area contributed by atoms with E-state index in [1.165, 1.54) is 27.8 Å². The third kappa shape index (κ3) is 13.5. The van der Waals surface area contributed by atoms with Crippen molar-refractivity contribution in [3.05, 3.63) is 107 Å². The third-order valence-electron chi connectivity index (χ3n) is 9.77. The zero-order valence-corrected chi connectivity index (χ0v) is 38.1. The van der Waals surface area contributed by atoms with Crippen molar-refractivity contribution >= 4 is 64.6 Å². The van der Waals surface area contributed by atoms with Crippen LogP contribution in [-0.2, 0) is 41.4 Å². The van der Waals surface area contributed by atoms with Gasteiger partial charge in [-0.25, -0.2) is 9.59 Å². The molecule has 12 nitrogen and oxygen atoms in total. The van der Waals surface area contributed by atoms with E-state index in [1.807, 2.05) is 48.5 Å². The smallest absolute Gasteiger partial charge is 0.338 e. The number of benzene rings is 4. The van der Waals surface area contributed by atoms with Crippen LogP contribution in [0.15, 0.2) is 94.7 Å². The summed E-state index contributed by atoms with van der Waals surface area (Å²) < 4.78 is 26.0. The van der Waals surface area contributed by atoms with Gasteiger partial charge in [0.2, 0.25) is 11.8 Å².